The van der Waals surface area contributed by atoms with E-state index in [1.807, 2.05) is 43.3 Å². The lowest BCUT2D eigenvalue weighted by atomic mass is 9.89. The van der Waals surface area contributed by atoms with Gasteiger partial charge in [-0.15, -0.1) is 6.58 Å². The Kier molecular flexibility index (Phi) is 3.67. The van der Waals surface area contributed by atoms with Crippen LogP contribution in [0, 0.1) is 5.41 Å². The summed E-state index contributed by atoms with van der Waals surface area (Å²) in [5.41, 5.74) is 4.97. The summed E-state index contributed by atoms with van der Waals surface area (Å²) in [6.07, 6.45) is 1.90. The molecular formula is C13H18N2. The van der Waals surface area contributed by atoms with Crippen LogP contribution in [0.4, 0.5) is 5.69 Å². The van der Waals surface area contributed by atoms with E-state index in [-0.39, 0.29) is 5.41 Å². The predicted octanol–water partition coefficient (Wildman–Crippen LogP) is 3.69. The molecule has 1 aromatic carbocycles. The van der Waals surface area contributed by atoms with Gasteiger partial charge in [-0.2, -0.15) is 5.10 Å². The van der Waals surface area contributed by atoms with Gasteiger partial charge in [0.1, 0.15) is 0 Å². The molecule has 80 valence electrons. The highest BCUT2D eigenvalue weighted by atomic mass is 15.3. The smallest absolute Gasteiger partial charge is 0.0561 e. The van der Waals surface area contributed by atoms with Crippen LogP contribution in [0.25, 0.3) is 0 Å². The van der Waals surface area contributed by atoms with Crippen molar-refractivity contribution in [3.63, 3.8) is 0 Å². The van der Waals surface area contributed by atoms with E-state index in [1.165, 1.54) is 0 Å². The Morgan fingerprint density at radius 1 is 1.33 bits per heavy atom. The zero-order valence-electron chi connectivity index (χ0n) is 9.62. The molecule has 0 bridgehead atoms. The molecule has 0 spiro atoms. The van der Waals surface area contributed by atoms with Gasteiger partial charge in [0.25, 0.3) is 0 Å². The fraction of sp³-hybridized carbons (Fsp3) is 0.308. The van der Waals surface area contributed by atoms with Crippen molar-refractivity contribution in [3.05, 3.63) is 43.0 Å². The van der Waals surface area contributed by atoms with Gasteiger partial charge in [0.2, 0.25) is 0 Å². The van der Waals surface area contributed by atoms with Crippen molar-refractivity contribution in [3.8, 4) is 0 Å². The summed E-state index contributed by atoms with van der Waals surface area (Å²) < 4.78 is 0. The first-order valence-corrected chi connectivity index (χ1v) is 5.05. The lowest BCUT2D eigenvalue weighted by Gasteiger charge is -2.19. The SMILES string of the molecule is C=CC(C)(C)/C(C)=N\Nc1ccccc1. The van der Waals surface area contributed by atoms with E-state index in [0.29, 0.717) is 0 Å². The molecular weight excluding hydrogens is 184 g/mol. The molecule has 0 atom stereocenters. The summed E-state index contributed by atoms with van der Waals surface area (Å²) in [6, 6.07) is 9.91. The van der Waals surface area contributed by atoms with Crippen LogP contribution >= 0.6 is 0 Å². The lowest BCUT2D eigenvalue weighted by molar-refractivity contribution is 0.672. The number of rotatable bonds is 4. The van der Waals surface area contributed by atoms with E-state index >= 15 is 0 Å². The highest BCUT2D eigenvalue weighted by Gasteiger charge is 2.16. The summed E-state index contributed by atoms with van der Waals surface area (Å²) in [7, 11) is 0. The molecule has 1 aromatic rings. The summed E-state index contributed by atoms with van der Waals surface area (Å²) in [6.45, 7) is 9.98. The second kappa shape index (κ2) is 4.78. The number of hydrogen-bond donors (Lipinski definition) is 1. The Morgan fingerprint density at radius 3 is 2.47 bits per heavy atom. The minimum absolute atomic E-state index is 0.0677. The van der Waals surface area contributed by atoms with Gasteiger partial charge >= 0.3 is 0 Å². The fourth-order valence-corrected chi connectivity index (χ4v) is 0.953. The van der Waals surface area contributed by atoms with E-state index in [9.17, 15) is 0 Å². The third kappa shape index (κ3) is 3.24. The number of allylic oxidation sites excluding steroid dienone is 1. The molecule has 0 aromatic heterocycles. The molecule has 2 nitrogen and oxygen atoms in total. The van der Waals surface area contributed by atoms with E-state index in [1.54, 1.807) is 0 Å². The zero-order valence-corrected chi connectivity index (χ0v) is 9.62. The molecule has 0 heterocycles. The quantitative estimate of drug-likeness (QED) is 0.449. The highest BCUT2D eigenvalue weighted by molar-refractivity contribution is 5.89. The van der Waals surface area contributed by atoms with Crippen LogP contribution < -0.4 is 5.43 Å². The van der Waals surface area contributed by atoms with Crippen LogP contribution in [0.1, 0.15) is 20.8 Å². The van der Waals surface area contributed by atoms with Crippen LogP contribution in [0.5, 0.6) is 0 Å². The second-order valence-electron chi connectivity index (χ2n) is 4.10. The molecule has 0 fully saturated rings. The molecule has 0 radical (unpaired) electrons. The average Bonchev–Trinajstić information content (AvgIpc) is 2.27. The zero-order chi connectivity index (χ0) is 11.3. The molecule has 0 saturated carbocycles. The normalized spacial score (nSPS) is 12.3. The Morgan fingerprint density at radius 2 is 1.93 bits per heavy atom. The highest BCUT2D eigenvalue weighted by Crippen LogP contribution is 2.18. The first-order valence-electron chi connectivity index (χ1n) is 5.05. The maximum absolute atomic E-state index is 4.33. The minimum atomic E-state index is -0.0677. The summed E-state index contributed by atoms with van der Waals surface area (Å²) >= 11 is 0. The number of benzene rings is 1. The minimum Gasteiger partial charge on any atom is -0.279 e. The number of nitrogens with one attached hydrogen (secondary N) is 1. The van der Waals surface area contributed by atoms with Crippen molar-refractivity contribution >= 4 is 11.4 Å². The van der Waals surface area contributed by atoms with Crippen LogP contribution in [-0.4, -0.2) is 5.71 Å². The summed E-state index contributed by atoms with van der Waals surface area (Å²) in [5, 5.41) is 4.33. The first-order chi connectivity index (χ1) is 7.06. The molecule has 0 unspecified atom stereocenters. The summed E-state index contributed by atoms with van der Waals surface area (Å²) in [4.78, 5) is 0. The molecule has 0 aliphatic carbocycles. The van der Waals surface area contributed by atoms with E-state index in [4.69, 9.17) is 0 Å². The van der Waals surface area contributed by atoms with Crippen LogP contribution in [0.2, 0.25) is 0 Å². The predicted molar refractivity (Wildman–Crippen MR) is 67.2 cm³/mol. The Labute approximate surface area is 91.7 Å². The van der Waals surface area contributed by atoms with Crippen molar-refractivity contribution in [2.45, 2.75) is 20.8 Å². The topological polar surface area (TPSA) is 24.4 Å². The number of anilines is 1. The fourth-order valence-electron chi connectivity index (χ4n) is 0.953. The maximum atomic E-state index is 4.33. The van der Waals surface area contributed by atoms with Crippen LogP contribution in [0.15, 0.2) is 48.1 Å². The van der Waals surface area contributed by atoms with Gasteiger partial charge in [0, 0.05) is 11.1 Å². The first kappa shape index (κ1) is 11.5. The molecule has 2 heteroatoms. The average molecular weight is 202 g/mol. The number of para-hydroxylation sites is 1. The third-order valence-electron chi connectivity index (χ3n) is 2.57. The monoisotopic (exact) mass is 202 g/mol. The van der Waals surface area contributed by atoms with Gasteiger partial charge in [-0.3, -0.25) is 5.43 Å². The largest absolute Gasteiger partial charge is 0.279 e. The van der Waals surface area contributed by atoms with Gasteiger partial charge in [0.15, 0.2) is 0 Å². The number of nitrogens with zero attached hydrogens (tertiary/aromatic N) is 1. The van der Waals surface area contributed by atoms with E-state index in [0.717, 1.165) is 11.4 Å². The van der Waals surface area contributed by atoms with Gasteiger partial charge in [0.05, 0.1) is 5.69 Å². The Bertz CT molecular complexity index is 350. The van der Waals surface area contributed by atoms with Crippen LogP contribution in [0.3, 0.4) is 0 Å². The molecule has 0 amide bonds. The second-order valence-corrected chi connectivity index (χ2v) is 4.10. The van der Waals surface area contributed by atoms with Gasteiger partial charge in [-0.1, -0.05) is 38.1 Å². The molecule has 0 aliphatic heterocycles. The van der Waals surface area contributed by atoms with Crippen molar-refractivity contribution in [2.75, 3.05) is 5.43 Å². The van der Waals surface area contributed by atoms with Gasteiger partial charge < -0.3 is 0 Å². The van der Waals surface area contributed by atoms with Crippen molar-refractivity contribution in [1.29, 1.82) is 0 Å². The Balaban J connectivity index is 2.70. The standard InChI is InChI=1S/C13H18N2/c1-5-13(3,4)11(2)14-15-12-9-7-6-8-10-12/h5-10,15H,1H2,2-4H3/b14-11-. The molecule has 1 rings (SSSR count). The lowest BCUT2D eigenvalue weighted by Crippen LogP contribution is -2.19. The third-order valence-corrected chi connectivity index (χ3v) is 2.57. The molecule has 1 N–H and O–H groups in total. The van der Waals surface area contributed by atoms with Crippen LogP contribution in [-0.2, 0) is 0 Å². The molecule has 0 saturated heterocycles. The number of hydrazone groups is 1. The van der Waals surface area contributed by atoms with E-state index < -0.39 is 0 Å². The molecule has 0 aliphatic rings. The number of hydrogen-bond acceptors (Lipinski definition) is 2. The van der Waals surface area contributed by atoms with Crippen molar-refractivity contribution in [1.82, 2.24) is 0 Å². The Hall–Kier alpha value is -1.57. The van der Waals surface area contributed by atoms with Gasteiger partial charge in [-0.05, 0) is 19.1 Å². The molecule has 15 heavy (non-hydrogen) atoms. The van der Waals surface area contributed by atoms with Crippen molar-refractivity contribution < 1.29 is 0 Å². The summed E-state index contributed by atoms with van der Waals surface area (Å²) in [5.74, 6) is 0. The van der Waals surface area contributed by atoms with Crippen molar-refractivity contribution in [2.24, 2.45) is 10.5 Å². The van der Waals surface area contributed by atoms with E-state index in [2.05, 4.69) is 31.0 Å². The maximum Gasteiger partial charge on any atom is 0.0561 e. The van der Waals surface area contributed by atoms with Gasteiger partial charge in [-0.25, -0.2) is 0 Å².